The molecular formula is C30H33N5O2. The van der Waals surface area contributed by atoms with E-state index >= 15 is 0 Å². The molecule has 1 fully saturated rings. The molecule has 2 amide bonds. The molecule has 0 spiro atoms. The molecule has 37 heavy (non-hydrogen) atoms. The van der Waals surface area contributed by atoms with Crippen LogP contribution in [0, 0.1) is 6.92 Å². The first kappa shape index (κ1) is 24.6. The lowest BCUT2D eigenvalue weighted by Crippen LogP contribution is -2.42. The highest BCUT2D eigenvalue weighted by molar-refractivity contribution is 5.98. The summed E-state index contributed by atoms with van der Waals surface area (Å²) in [6.07, 6.45) is 3.93. The minimum Gasteiger partial charge on any atom is -0.363 e. The van der Waals surface area contributed by atoms with Crippen LogP contribution >= 0.6 is 0 Å². The standard InChI is InChI=1S/C30H33N5O2/c1-5-29(36)35-14-6-7-27(35)30(37)32-23-11-8-20(9-12-23)26-17-22-16-21(10-13-25(22)33-26)24-18-31-28(34(3)4)15-19(24)2/h8-13,15-18,27,33H,5-7,14H2,1-4H3,(H,32,37)/t27-/m0/s1. The second kappa shape index (κ2) is 10.1. The zero-order valence-corrected chi connectivity index (χ0v) is 21.8. The maximum absolute atomic E-state index is 12.8. The summed E-state index contributed by atoms with van der Waals surface area (Å²) in [7, 11) is 3.99. The second-order valence-corrected chi connectivity index (χ2v) is 9.90. The molecule has 0 aliphatic carbocycles. The summed E-state index contributed by atoms with van der Waals surface area (Å²) >= 11 is 0. The van der Waals surface area contributed by atoms with E-state index in [1.807, 2.05) is 56.4 Å². The average Bonchev–Trinajstić information content (AvgIpc) is 3.56. The van der Waals surface area contributed by atoms with Gasteiger partial charge in [-0.2, -0.15) is 0 Å². The van der Waals surface area contributed by atoms with Gasteiger partial charge in [0.1, 0.15) is 11.9 Å². The van der Waals surface area contributed by atoms with E-state index < -0.39 is 0 Å². The van der Waals surface area contributed by atoms with Gasteiger partial charge >= 0.3 is 0 Å². The molecule has 2 aromatic heterocycles. The van der Waals surface area contributed by atoms with E-state index in [0.717, 1.165) is 51.2 Å². The summed E-state index contributed by atoms with van der Waals surface area (Å²) in [6, 6.07) is 18.1. The van der Waals surface area contributed by atoms with E-state index in [1.54, 1.807) is 4.90 Å². The molecule has 3 heterocycles. The quantitative estimate of drug-likeness (QED) is 0.364. The number of rotatable bonds is 6. The number of nitrogens with one attached hydrogen (secondary N) is 2. The molecule has 0 saturated carbocycles. The zero-order valence-electron chi connectivity index (χ0n) is 21.8. The number of carbonyl (C=O) groups excluding carboxylic acids is 2. The maximum Gasteiger partial charge on any atom is 0.247 e. The van der Waals surface area contributed by atoms with Gasteiger partial charge in [-0.05, 0) is 72.9 Å². The number of nitrogens with zero attached hydrogens (tertiary/aromatic N) is 3. The number of aryl methyl sites for hydroxylation is 1. The van der Waals surface area contributed by atoms with Gasteiger partial charge in [0.25, 0.3) is 0 Å². The summed E-state index contributed by atoms with van der Waals surface area (Å²) in [4.78, 5) is 36.8. The Balaban J connectivity index is 1.33. The van der Waals surface area contributed by atoms with Crippen molar-refractivity contribution in [1.82, 2.24) is 14.9 Å². The van der Waals surface area contributed by atoms with Gasteiger partial charge in [-0.3, -0.25) is 9.59 Å². The Morgan fingerprint density at radius 2 is 1.84 bits per heavy atom. The molecule has 4 aromatic rings. The van der Waals surface area contributed by atoms with Crippen LogP contribution in [-0.2, 0) is 9.59 Å². The van der Waals surface area contributed by atoms with Gasteiger partial charge in [-0.15, -0.1) is 0 Å². The molecule has 2 aromatic carbocycles. The van der Waals surface area contributed by atoms with Crippen LogP contribution in [-0.4, -0.2) is 53.4 Å². The molecule has 7 heteroatoms. The summed E-state index contributed by atoms with van der Waals surface area (Å²) in [5, 5.41) is 4.12. The third-order valence-corrected chi connectivity index (χ3v) is 7.13. The summed E-state index contributed by atoms with van der Waals surface area (Å²) in [6.45, 7) is 4.60. The first-order chi connectivity index (χ1) is 17.8. The van der Waals surface area contributed by atoms with E-state index in [9.17, 15) is 9.59 Å². The molecule has 2 N–H and O–H groups in total. The Morgan fingerprint density at radius 3 is 2.54 bits per heavy atom. The van der Waals surface area contributed by atoms with Crippen molar-refractivity contribution in [2.45, 2.75) is 39.2 Å². The molecule has 0 unspecified atom stereocenters. The highest BCUT2D eigenvalue weighted by Crippen LogP contribution is 2.31. The third kappa shape index (κ3) is 4.94. The van der Waals surface area contributed by atoms with Crippen LogP contribution in [0.15, 0.2) is 60.8 Å². The number of hydrogen-bond acceptors (Lipinski definition) is 4. The number of pyridine rings is 1. The van der Waals surface area contributed by atoms with Crippen molar-refractivity contribution in [3.8, 4) is 22.4 Å². The van der Waals surface area contributed by atoms with Crippen LogP contribution < -0.4 is 10.2 Å². The predicted molar refractivity (Wildman–Crippen MR) is 150 cm³/mol. The lowest BCUT2D eigenvalue weighted by Gasteiger charge is -2.23. The molecule has 7 nitrogen and oxygen atoms in total. The fourth-order valence-corrected chi connectivity index (χ4v) is 5.04. The van der Waals surface area contributed by atoms with Crippen molar-refractivity contribution in [3.63, 3.8) is 0 Å². The monoisotopic (exact) mass is 495 g/mol. The van der Waals surface area contributed by atoms with Crippen LogP contribution in [0.5, 0.6) is 0 Å². The fourth-order valence-electron chi connectivity index (χ4n) is 5.04. The maximum atomic E-state index is 12.8. The van der Waals surface area contributed by atoms with E-state index in [2.05, 4.69) is 52.5 Å². The van der Waals surface area contributed by atoms with Gasteiger partial charge in [0, 0.05) is 61.1 Å². The summed E-state index contributed by atoms with van der Waals surface area (Å²) in [5.74, 6) is 0.862. The fraction of sp³-hybridized carbons (Fsp3) is 0.300. The van der Waals surface area contributed by atoms with Gasteiger partial charge in [0.05, 0.1) is 0 Å². The first-order valence-electron chi connectivity index (χ1n) is 12.8. The van der Waals surface area contributed by atoms with Crippen molar-refractivity contribution in [1.29, 1.82) is 0 Å². The van der Waals surface area contributed by atoms with Crippen molar-refractivity contribution < 1.29 is 9.59 Å². The van der Waals surface area contributed by atoms with Crippen LogP contribution in [0.25, 0.3) is 33.3 Å². The van der Waals surface area contributed by atoms with Crippen molar-refractivity contribution in [2.75, 3.05) is 30.9 Å². The van der Waals surface area contributed by atoms with Gasteiger partial charge in [0.15, 0.2) is 0 Å². The highest BCUT2D eigenvalue weighted by atomic mass is 16.2. The highest BCUT2D eigenvalue weighted by Gasteiger charge is 2.33. The van der Waals surface area contributed by atoms with E-state index in [4.69, 9.17) is 0 Å². The number of benzene rings is 2. The predicted octanol–water partition coefficient (Wildman–Crippen LogP) is 5.61. The molecule has 1 atom stereocenters. The number of carbonyl (C=O) groups is 2. The number of hydrogen-bond donors (Lipinski definition) is 2. The van der Waals surface area contributed by atoms with E-state index in [-0.39, 0.29) is 17.9 Å². The number of amides is 2. The van der Waals surface area contributed by atoms with E-state index in [1.165, 1.54) is 5.56 Å². The van der Waals surface area contributed by atoms with Crippen molar-refractivity contribution >= 4 is 34.2 Å². The molecular weight excluding hydrogens is 462 g/mol. The van der Waals surface area contributed by atoms with Crippen molar-refractivity contribution in [3.05, 3.63) is 66.4 Å². The minimum absolute atomic E-state index is 0.0342. The second-order valence-electron chi connectivity index (χ2n) is 9.90. The Morgan fingerprint density at radius 1 is 1.08 bits per heavy atom. The van der Waals surface area contributed by atoms with Gasteiger partial charge in [-0.1, -0.05) is 25.1 Å². The van der Waals surface area contributed by atoms with Gasteiger partial charge in [-0.25, -0.2) is 4.98 Å². The number of aromatic amines is 1. The SMILES string of the molecule is CCC(=O)N1CCC[C@H]1C(=O)Nc1ccc(-c2cc3cc(-c4cnc(N(C)C)cc4C)ccc3[nH]2)cc1. The minimum atomic E-state index is -0.382. The zero-order chi connectivity index (χ0) is 26.1. The summed E-state index contributed by atoms with van der Waals surface area (Å²) in [5.41, 5.74) is 7.28. The Kier molecular flexibility index (Phi) is 6.70. The van der Waals surface area contributed by atoms with Crippen LogP contribution in [0.1, 0.15) is 31.7 Å². The third-order valence-electron chi connectivity index (χ3n) is 7.13. The molecule has 1 saturated heterocycles. The normalized spacial score (nSPS) is 15.2. The summed E-state index contributed by atoms with van der Waals surface area (Å²) < 4.78 is 0. The number of aromatic nitrogens is 2. The topological polar surface area (TPSA) is 81.3 Å². The molecule has 0 bridgehead atoms. The largest absolute Gasteiger partial charge is 0.363 e. The Hall–Kier alpha value is -4.13. The molecule has 1 aliphatic heterocycles. The Labute approximate surface area is 217 Å². The number of likely N-dealkylation sites (tertiary alicyclic amines) is 1. The lowest BCUT2D eigenvalue weighted by atomic mass is 10.0. The number of anilines is 2. The average molecular weight is 496 g/mol. The van der Waals surface area contributed by atoms with Gasteiger partial charge in [0.2, 0.25) is 11.8 Å². The van der Waals surface area contributed by atoms with Crippen LogP contribution in [0.2, 0.25) is 0 Å². The number of fused-ring (bicyclic) bond motifs is 1. The Bertz CT molecular complexity index is 1450. The molecule has 1 aliphatic rings. The molecule has 190 valence electrons. The van der Waals surface area contributed by atoms with E-state index in [0.29, 0.717) is 19.4 Å². The first-order valence-corrected chi connectivity index (χ1v) is 12.8. The van der Waals surface area contributed by atoms with Gasteiger partial charge < -0.3 is 20.1 Å². The lowest BCUT2D eigenvalue weighted by molar-refractivity contribution is -0.136. The number of H-pyrrole nitrogens is 1. The van der Waals surface area contributed by atoms with Crippen molar-refractivity contribution in [2.24, 2.45) is 0 Å². The van der Waals surface area contributed by atoms with Crippen LogP contribution in [0.4, 0.5) is 11.5 Å². The molecule has 0 radical (unpaired) electrons. The molecule has 5 rings (SSSR count). The van der Waals surface area contributed by atoms with Crippen LogP contribution in [0.3, 0.4) is 0 Å². The smallest absolute Gasteiger partial charge is 0.247 e.